The van der Waals surface area contributed by atoms with E-state index < -0.39 is 9.73 Å². The average molecular weight is 347 g/mol. The second-order valence-electron chi connectivity index (χ2n) is 4.94. The van der Waals surface area contributed by atoms with E-state index in [0.717, 1.165) is 0 Å². The van der Waals surface area contributed by atoms with E-state index >= 15 is 0 Å². The minimum Gasteiger partial charge on any atom is -0.388 e. The van der Waals surface area contributed by atoms with Crippen molar-refractivity contribution in [2.75, 3.05) is 0 Å². The first-order chi connectivity index (χ1) is 11.1. The Morgan fingerprint density at radius 1 is 1.17 bits per heavy atom. The van der Waals surface area contributed by atoms with Gasteiger partial charge >= 0.3 is 0 Å². The van der Waals surface area contributed by atoms with Crippen LogP contribution in [-0.4, -0.2) is 24.1 Å². The number of hydrogen-bond donors (Lipinski definition) is 1. The molecule has 3 aromatic rings. The molecule has 1 aliphatic heterocycles. The number of nitrogens with zero attached hydrogens (tertiary/aromatic N) is 4. The van der Waals surface area contributed by atoms with Crippen LogP contribution in [0.3, 0.4) is 0 Å². The molecule has 4 rings (SSSR count). The fourth-order valence-electron chi connectivity index (χ4n) is 2.47. The maximum atomic E-state index is 13.7. The summed E-state index contributed by atoms with van der Waals surface area (Å²) in [5, 5.41) is 13.9. The van der Waals surface area contributed by atoms with E-state index in [2.05, 4.69) is 14.4 Å². The van der Waals surface area contributed by atoms with Crippen molar-refractivity contribution in [2.45, 2.75) is 16.4 Å². The minimum atomic E-state index is -2.92. The van der Waals surface area contributed by atoms with E-state index in [4.69, 9.17) is 11.6 Å². The molecule has 0 bridgehead atoms. The Balaban J connectivity index is 2.11. The van der Waals surface area contributed by atoms with Crippen LogP contribution in [0.1, 0.15) is 5.82 Å². The largest absolute Gasteiger partial charge is 0.388 e. The van der Waals surface area contributed by atoms with Crippen LogP contribution in [0.15, 0.2) is 62.7 Å². The van der Waals surface area contributed by atoms with Gasteiger partial charge in [0.15, 0.2) is 5.82 Å². The number of benzene rings is 2. The Kier molecular flexibility index (Phi) is 3.22. The summed E-state index contributed by atoms with van der Waals surface area (Å²) in [5.41, 5.74) is 0.598. The van der Waals surface area contributed by atoms with Crippen molar-refractivity contribution >= 4 is 27.3 Å². The Bertz CT molecular complexity index is 1020. The summed E-state index contributed by atoms with van der Waals surface area (Å²) in [4.78, 5) is 5.19. The first-order valence-corrected chi connectivity index (χ1v) is 8.70. The monoisotopic (exact) mass is 346 g/mol. The second kappa shape index (κ2) is 5.16. The van der Waals surface area contributed by atoms with Crippen LogP contribution in [0.4, 0.5) is 5.95 Å². The van der Waals surface area contributed by atoms with Crippen molar-refractivity contribution in [1.82, 2.24) is 14.8 Å². The molecule has 0 aliphatic carbocycles. The molecule has 2 aromatic carbocycles. The highest BCUT2D eigenvalue weighted by atomic mass is 35.5. The van der Waals surface area contributed by atoms with Crippen molar-refractivity contribution in [3.8, 4) is 5.69 Å². The van der Waals surface area contributed by atoms with Crippen LogP contribution >= 0.6 is 11.6 Å². The molecule has 1 N–H and O–H groups in total. The lowest BCUT2D eigenvalue weighted by atomic mass is 10.3. The molecule has 0 saturated carbocycles. The summed E-state index contributed by atoms with van der Waals surface area (Å²) in [6.45, 7) is -0.315. The first-order valence-electron chi connectivity index (χ1n) is 6.81. The van der Waals surface area contributed by atoms with Crippen molar-refractivity contribution in [1.29, 1.82) is 0 Å². The predicted octanol–water partition coefficient (Wildman–Crippen LogP) is 2.94. The maximum absolute atomic E-state index is 13.7. The Labute approximate surface area is 137 Å². The molecule has 0 fully saturated rings. The van der Waals surface area contributed by atoms with E-state index in [1.54, 1.807) is 42.5 Å². The third kappa shape index (κ3) is 2.16. The molecule has 1 atom stereocenters. The molecule has 0 saturated heterocycles. The van der Waals surface area contributed by atoms with Crippen molar-refractivity contribution in [3.63, 3.8) is 0 Å². The lowest BCUT2D eigenvalue weighted by Crippen LogP contribution is -2.13. The Morgan fingerprint density at radius 2 is 1.96 bits per heavy atom. The molecule has 8 heteroatoms. The van der Waals surface area contributed by atoms with Gasteiger partial charge in [0.2, 0.25) is 0 Å². The number of halogens is 1. The molecule has 0 amide bonds. The van der Waals surface area contributed by atoms with Gasteiger partial charge in [-0.05, 0) is 30.3 Å². The van der Waals surface area contributed by atoms with Crippen molar-refractivity contribution in [3.05, 3.63) is 59.4 Å². The number of aliphatic hydroxyl groups is 1. The van der Waals surface area contributed by atoms with Crippen LogP contribution in [0.5, 0.6) is 0 Å². The SMILES string of the molecule is O=S1(c2ccccc2)=Nc2nc(CO)nn2-c2ccc(Cl)cc21. The van der Waals surface area contributed by atoms with Gasteiger partial charge in [-0.1, -0.05) is 29.8 Å². The zero-order valence-electron chi connectivity index (χ0n) is 11.8. The van der Waals surface area contributed by atoms with Gasteiger partial charge in [-0.25, -0.2) is 4.21 Å². The molecule has 0 radical (unpaired) electrons. The molecule has 116 valence electrons. The number of aromatic nitrogens is 3. The zero-order chi connectivity index (χ0) is 16.0. The van der Waals surface area contributed by atoms with Crippen molar-refractivity contribution < 1.29 is 9.32 Å². The molecule has 2 heterocycles. The van der Waals surface area contributed by atoms with Gasteiger partial charge in [0.25, 0.3) is 5.95 Å². The quantitative estimate of drug-likeness (QED) is 0.605. The van der Waals surface area contributed by atoms with Gasteiger partial charge in [0.05, 0.1) is 15.5 Å². The molecule has 23 heavy (non-hydrogen) atoms. The number of rotatable bonds is 2. The average Bonchev–Trinajstić information content (AvgIpc) is 2.98. The number of aliphatic hydroxyl groups excluding tert-OH is 1. The standard InChI is InChI=1S/C15H11ClN4O2S/c16-10-6-7-12-13(8-10)23(22,11-4-2-1-3-5-11)19-15-17-14(9-21)18-20(12)15/h1-8,21H,9H2. The van der Waals surface area contributed by atoms with E-state index in [1.165, 1.54) is 4.68 Å². The van der Waals surface area contributed by atoms with Gasteiger partial charge < -0.3 is 5.11 Å². The molecular weight excluding hydrogens is 336 g/mol. The molecule has 1 unspecified atom stereocenters. The summed E-state index contributed by atoms with van der Waals surface area (Å²) in [6, 6.07) is 14.0. The lowest BCUT2D eigenvalue weighted by Gasteiger charge is -2.19. The number of fused-ring (bicyclic) bond motifs is 3. The van der Waals surface area contributed by atoms with Gasteiger partial charge in [0, 0.05) is 5.02 Å². The smallest absolute Gasteiger partial charge is 0.262 e. The predicted molar refractivity (Wildman–Crippen MR) is 85.5 cm³/mol. The van der Waals surface area contributed by atoms with Gasteiger partial charge in [-0.3, -0.25) is 0 Å². The molecular formula is C15H11ClN4O2S. The van der Waals surface area contributed by atoms with Crippen LogP contribution in [0.2, 0.25) is 5.02 Å². The number of hydrogen-bond acceptors (Lipinski definition) is 5. The minimum absolute atomic E-state index is 0.206. The molecule has 6 nitrogen and oxygen atoms in total. The van der Waals surface area contributed by atoms with Crippen LogP contribution in [0, 0.1) is 0 Å². The van der Waals surface area contributed by atoms with Crippen LogP contribution in [-0.2, 0) is 16.3 Å². The van der Waals surface area contributed by atoms with Gasteiger partial charge in [-0.15, -0.1) is 5.10 Å². The molecule has 1 aromatic heterocycles. The third-order valence-electron chi connectivity index (χ3n) is 3.50. The molecule has 1 aliphatic rings. The van der Waals surface area contributed by atoms with E-state index in [-0.39, 0.29) is 18.4 Å². The molecule has 0 spiro atoms. The first kappa shape index (κ1) is 14.4. The Hall–Kier alpha value is -2.22. The highest BCUT2D eigenvalue weighted by Crippen LogP contribution is 2.37. The van der Waals surface area contributed by atoms with E-state index in [0.29, 0.717) is 20.5 Å². The van der Waals surface area contributed by atoms with Crippen molar-refractivity contribution in [2.24, 2.45) is 4.36 Å². The highest BCUT2D eigenvalue weighted by molar-refractivity contribution is 7.94. The van der Waals surface area contributed by atoms with Gasteiger partial charge in [-0.2, -0.15) is 14.0 Å². The Morgan fingerprint density at radius 3 is 2.70 bits per heavy atom. The lowest BCUT2D eigenvalue weighted by molar-refractivity contribution is 0.271. The third-order valence-corrected chi connectivity index (χ3v) is 5.99. The summed E-state index contributed by atoms with van der Waals surface area (Å²) in [5.74, 6) is 0.430. The topological polar surface area (TPSA) is 80.4 Å². The second-order valence-corrected chi connectivity index (χ2v) is 7.52. The van der Waals surface area contributed by atoms with Crippen LogP contribution < -0.4 is 0 Å². The normalized spacial score (nSPS) is 18.9. The summed E-state index contributed by atoms with van der Waals surface area (Å²) in [7, 11) is -2.92. The highest BCUT2D eigenvalue weighted by Gasteiger charge is 2.29. The summed E-state index contributed by atoms with van der Waals surface area (Å²) < 4.78 is 19.5. The fourth-order valence-corrected chi connectivity index (χ4v) is 4.76. The fraction of sp³-hybridized carbons (Fsp3) is 0.0667. The maximum Gasteiger partial charge on any atom is 0.262 e. The zero-order valence-corrected chi connectivity index (χ0v) is 13.3. The summed E-state index contributed by atoms with van der Waals surface area (Å²) >= 11 is 6.10. The van der Waals surface area contributed by atoms with Crippen LogP contribution in [0.25, 0.3) is 5.69 Å². The summed E-state index contributed by atoms with van der Waals surface area (Å²) in [6.07, 6.45) is 0. The van der Waals surface area contributed by atoms with E-state index in [9.17, 15) is 9.32 Å². The van der Waals surface area contributed by atoms with Gasteiger partial charge in [0.1, 0.15) is 16.3 Å². The van der Waals surface area contributed by atoms with E-state index in [1.807, 2.05) is 6.07 Å².